The van der Waals surface area contributed by atoms with E-state index in [0.717, 1.165) is 16.9 Å². The molecule has 0 amide bonds. The minimum absolute atomic E-state index is 0.0144. The predicted octanol–water partition coefficient (Wildman–Crippen LogP) is 4.12. The highest BCUT2D eigenvalue weighted by molar-refractivity contribution is 7.93. The van der Waals surface area contributed by atoms with Crippen LogP contribution in [0.1, 0.15) is 18.7 Å². The molecular weight excluding hydrogens is 424 g/mol. The minimum Gasteiger partial charge on any atom is -0.494 e. The molecule has 1 heterocycles. The molecule has 30 heavy (non-hydrogen) atoms. The fraction of sp³-hybridized carbons (Fsp3) is 0.238. The first-order valence-corrected chi connectivity index (χ1v) is 11.7. The van der Waals surface area contributed by atoms with Crippen molar-refractivity contribution in [2.24, 2.45) is 0 Å². The lowest BCUT2D eigenvalue weighted by Crippen LogP contribution is -2.12. The molecule has 0 aliphatic rings. The molecule has 0 unspecified atom stereocenters. The van der Waals surface area contributed by atoms with Crippen LogP contribution in [0, 0.1) is 0 Å². The standard InChI is InChI=1S/C21H22N2O5S2/c1-3-27-16-10-12-17(13-11-16)30(25,26)23-21-22-20(15-8-6-5-7-9-15)18(29-21)14-19(24)28-4-2/h5-13H,3-4,14H2,1-2H3,(H,22,23). The molecular formula is C21H22N2O5S2. The minimum atomic E-state index is -3.84. The number of rotatable bonds is 9. The van der Waals surface area contributed by atoms with Gasteiger partial charge in [0.2, 0.25) is 0 Å². The van der Waals surface area contributed by atoms with Gasteiger partial charge < -0.3 is 9.47 Å². The van der Waals surface area contributed by atoms with Crippen LogP contribution in [-0.4, -0.2) is 32.6 Å². The van der Waals surface area contributed by atoms with Gasteiger partial charge in [-0.1, -0.05) is 41.7 Å². The van der Waals surface area contributed by atoms with E-state index in [-0.39, 0.29) is 29.0 Å². The van der Waals surface area contributed by atoms with E-state index in [9.17, 15) is 13.2 Å². The number of carbonyl (C=O) groups is 1. The van der Waals surface area contributed by atoms with E-state index in [4.69, 9.17) is 9.47 Å². The number of esters is 1. The summed E-state index contributed by atoms with van der Waals surface area (Å²) in [4.78, 5) is 17.2. The van der Waals surface area contributed by atoms with Crippen molar-refractivity contribution < 1.29 is 22.7 Å². The molecule has 0 aliphatic carbocycles. The molecule has 0 fully saturated rings. The van der Waals surface area contributed by atoms with Crippen molar-refractivity contribution in [3.05, 3.63) is 59.5 Å². The van der Waals surface area contributed by atoms with E-state index in [1.54, 1.807) is 19.1 Å². The van der Waals surface area contributed by atoms with Crippen molar-refractivity contribution in [2.75, 3.05) is 17.9 Å². The first-order valence-electron chi connectivity index (χ1n) is 9.39. The Bertz CT molecular complexity index is 1090. The van der Waals surface area contributed by atoms with Gasteiger partial charge in [0, 0.05) is 10.4 Å². The van der Waals surface area contributed by atoms with E-state index < -0.39 is 10.0 Å². The second kappa shape index (κ2) is 9.73. The van der Waals surface area contributed by atoms with Gasteiger partial charge in [-0.3, -0.25) is 9.52 Å². The number of anilines is 1. The van der Waals surface area contributed by atoms with Crippen molar-refractivity contribution >= 4 is 32.5 Å². The van der Waals surface area contributed by atoms with Gasteiger partial charge in [0.05, 0.1) is 30.2 Å². The summed E-state index contributed by atoms with van der Waals surface area (Å²) in [5, 5.41) is 0.182. The molecule has 0 atom stereocenters. The molecule has 0 bridgehead atoms. The van der Waals surface area contributed by atoms with Crippen molar-refractivity contribution in [3.63, 3.8) is 0 Å². The quantitative estimate of drug-likeness (QED) is 0.497. The van der Waals surface area contributed by atoms with Gasteiger partial charge in [-0.2, -0.15) is 0 Å². The van der Waals surface area contributed by atoms with Crippen LogP contribution in [-0.2, 0) is 26.0 Å². The molecule has 3 aromatic rings. The van der Waals surface area contributed by atoms with Crippen LogP contribution in [0.4, 0.5) is 5.13 Å². The maximum atomic E-state index is 12.8. The Morgan fingerprint density at radius 2 is 1.73 bits per heavy atom. The Morgan fingerprint density at radius 1 is 1.03 bits per heavy atom. The zero-order valence-electron chi connectivity index (χ0n) is 16.6. The van der Waals surface area contributed by atoms with Crippen LogP contribution >= 0.6 is 11.3 Å². The Hall–Kier alpha value is -2.91. The highest BCUT2D eigenvalue weighted by Crippen LogP contribution is 2.33. The van der Waals surface area contributed by atoms with E-state index >= 15 is 0 Å². The second-order valence-electron chi connectivity index (χ2n) is 6.15. The topological polar surface area (TPSA) is 94.6 Å². The van der Waals surface area contributed by atoms with Crippen molar-refractivity contribution in [1.82, 2.24) is 4.98 Å². The Morgan fingerprint density at radius 3 is 2.37 bits per heavy atom. The zero-order chi connectivity index (χ0) is 21.6. The average Bonchev–Trinajstić information content (AvgIpc) is 3.10. The summed E-state index contributed by atoms with van der Waals surface area (Å²) in [6.07, 6.45) is 0.0144. The van der Waals surface area contributed by atoms with Crippen LogP contribution in [0.2, 0.25) is 0 Å². The summed E-state index contributed by atoms with van der Waals surface area (Å²) in [6.45, 7) is 4.36. The molecule has 9 heteroatoms. The molecule has 2 aromatic carbocycles. The van der Waals surface area contributed by atoms with Crippen molar-refractivity contribution in [1.29, 1.82) is 0 Å². The Labute approximate surface area is 179 Å². The lowest BCUT2D eigenvalue weighted by atomic mass is 10.1. The number of aromatic nitrogens is 1. The highest BCUT2D eigenvalue weighted by atomic mass is 32.2. The van der Waals surface area contributed by atoms with Gasteiger partial charge in [0.25, 0.3) is 10.0 Å². The molecule has 3 rings (SSSR count). The van der Waals surface area contributed by atoms with Crippen LogP contribution < -0.4 is 9.46 Å². The van der Waals surface area contributed by atoms with Gasteiger partial charge in [-0.25, -0.2) is 13.4 Å². The zero-order valence-corrected chi connectivity index (χ0v) is 18.3. The maximum Gasteiger partial charge on any atom is 0.311 e. The van der Waals surface area contributed by atoms with E-state index in [1.165, 1.54) is 12.1 Å². The second-order valence-corrected chi connectivity index (χ2v) is 8.91. The molecule has 0 aliphatic heterocycles. The summed E-state index contributed by atoms with van der Waals surface area (Å²) >= 11 is 1.11. The number of sulfonamides is 1. The molecule has 0 saturated carbocycles. The number of carbonyl (C=O) groups excluding carboxylic acids is 1. The van der Waals surface area contributed by atoms with Gasteiger partial charge in [-0.05, 0) is 38.1 Å². The van der Waals surface area contributed by atoms with E-state index in [2.05, 4.69) is 9.71 Å². The number of hydrogen-bond acceptors (Lipinski definition) is 7. The molecule has 0 saturated heterocycles. The molecule has 0 spiro atoms. The molecule has 158 valence electrons. The maximum absolute atomic E-state index is 12.8. The molecule has 0 radical (unpaired) electrons. The molecule has 7 nitrogen and oxygen atoms in total. The average molecular weight is 447 g/mol. The lowest BCUT2D eigenvalue weighted by Gasteiger charge is -2.07. The van der Waals surface area contributed by atoms with E-state index in [0.29, 0.717) is 22.9 Å². The molecule has 1 N–H and O–H groups in total. The van der Waals surface area contributed by atoms with Gasteiger partial charge in [0.1, 0.15) is 5.75 Å². The number of ether oxygens (including phenoxy) is 2. The summed E-state index contributed by atoms with van der Waals surface area (Å²) in [5.74, 6) is 0.202. The monoisotopic (exact) mass is 446 g/mol. The van der Waals surface area contributed by atoms with Crippen LogP contribution in [0.3, 0.4) is 0 Å². The third kappa shape index (κ3) is 5.37. The largest absolute Gasteiger partial charge is 0.494 e. The number of benzene rings is 2. The lowest BCUT2D eigenvalue weighted by molar-refractivity contribution is -0.142. The van der Waals surface area contributed by atoms with Gasteiger partial charge in [0.15, 0.2) is 5.13 Å². The number of nitrogens with zero attached hydrogens (tertiary/aromatic N) is 1. The number of nitrogens with one attached hydrogen (secondary N) is 1. The first-order chi connectivity index (χ1) is 14.4. The van der Waals surface area contributed by atoms with Crippen LogP contribution in [0.5, 0.6) is 5.75 Å². The Kier molecular flexibility index (Phi) is 7.07. The van der Waals surface area contributed by atoms with Crippen LogP contribution in [0.15, 0.2) is 59.5 Å². The number of hydrogen-bond donors (Lipinski definition) is 1. The van der Waals surface area contributed by atoms with Crippen molar-refractivity contribution in [3.8, 4) is 17.0 Å². The summed E-state index contributed by atoms with van der Waals surface area (Å²) in [7, 11) is -3.84. The first kappa shape index (κ1) is 21.8. The highest BCUT2D eigenvalue weighted by Gasteiger charge is 2.21. The van der Waals surface area contributed by atoms with Crippen LogP contribution in [0.25, 0.3) is 11.3 Å². The van der Waals surface area contributed by atoms with Gasteiger partial charge >= 0.3 is 5.97 Å². The SMILES string of the molecule is CCOC(=O)Cc1sc(NS(=O)(=O)c2ccc(OCC)cc2)nc1-c1ccccc1. The third-order valence-electron chi connectivity index (χ3n) is 4.02. The third-order valence-corrected chi connectivity index (χ3v) is 6.48. The summed E-state index contributed by atoms with van der Waals surface area (Å²) in [6, 6.07) is 15.4. The summed E-state index contributed by atoms with van der Waals surface area (Å²) < 4.78 is 38.4. The Balaban J connectivity index is 1.89. The number of thiazole rings is 1. The van der Waals surface area contributed by atoms with Crippen molar-refractivity contribution in [2.45, 2.75) is 25.2 Å². The predicted molar refractivity (Wildman–Crippen MR) is 116 cm³/mol. The normalized spacial score (nSPS) is 11.1. The fourth-order valence-corrected chi connectivity index (χ4v) is 4.94. The smallest absolute Gasteiger partial charge is 0.311 e. The van der Waals surface area contributed by atoms with E-state index in [1.807, 2.05) is 37.3 Å². The fourth-order valence-electron chi connectivity index (χ4n) is 2.74. The van der Waals surface area contributed by atoms with Gasteiger partial charge in [-0.15, -0.1) is 0 Å². The molecule has 1 aromatic heterocycles. The summed E-state index contributed by atoms with van der Waals surface area (Å²) in [5.41, 5.74) is 1.35.